The van der Waals surface area contributed by atoms with Crippen molar-refractivity contribution in [2.75, 3.05) is 9.80 Å². The van der Waals surface area contributed by atoms with E-state index in [0.29, 0.717) is 11.5 Å². The van der Waals surface area contributed by atoms with Gasteiger partial charge in [-0.1, -0.05) is 159 Å². The first-order valence-electron chi connectivity index (χ1n) is 24.8. The number of para-hydroxylation sites is 3. The summed E-state index contributed by atoms with van der Waals surface area (Å²) in [4.78, 5) is 9.34. The molecule has 11 rings (SSSR count). The minimum atomic E-state index is -0.280. The van der Waals surface area contributed by atoms with Crippen molar-refractivity contribution in [1.29, 1.82) is 0 Å². The van der Waals surface area contributed by atoms with Crippen LogP contribution in [0.3, 0.4) is 0 Å². The number of nitrogens with zero attached hydrogens (tertiary/aromatic N) is 4. The molecule has 0 radical (unpaired) electrons. The first kappa shape index (κ1) is 49.3. The van der Waals surface area contributed by atoms with Crippen LogP contribution in [0.15, 0.2) is 182 Å². The number of benzene rings is 8. The summed E-state index contributed by atoms with van der Waals surface area (Å²) in [6.45, 7) is 22.5. The monoisotopic (exact) mass is 1140 g/mol. The van der Waals surface area contributed by atoms with Crippen molar-refractivity contribution in [1.82, 2.24) is 9.55 Å². The molecule has 0 aliphatic carbocycles. The van der Waals surface area contributed by atoms with Crippen LogP contribution in [0.1, 0.15) is 79.0 Å². The number of hydrogen-bond acceptors (Lipinski definition) is 4. The number of pyridine rings is 1. The van der Waals surface area contributed by atoms with Gasteiger partial charge in [-0.3, -0.25) is 0 Å². The van der Waals surface area contributed by atoms with Crippen molar-refractivity contribution >= 4 is 44.6 Å². The van der Waals surface area contributed by atoms with Crippen molar-refractivity contribution in [2.24, 2.45) is 0 Å². The van der Waals surface area contributed by atoms with Gasteiger partial charge in [0.25, 0.3) is 0 Å². The molecule has 0 saturated carbocycles. The van der Waals surface area contributed by atoms with Gasteiger partial charge in [-0.25, -0.2) is 9.37 Å². The van der Waals surface area contributed by atoms with Gasteiger partial charge in [-0.15, -0.1) is 48.1 Å². The van der Waals surface area contributed by atoms with Gasteiger partial charge in [0.15, 0.2) is 0 Å². The van der Waals surface area contributed by atoms with Gasteiger partial charge in [-0.05, 0) is 115 Å². The van der Waals surface area contributed by atoms with Crippen LogP contribution < -0.4 is 14.5 Å². The van der Waals surface area contributed by atoms with E-state index in [1.165, 1.54) is 16.7 Å². The topological polar surface area (TPSA) is 33.5 Å². The Hall–Kier alpha value is -7.27. The van der Waals surface area contributed by atoms with E-state index in [9.17, 15) is 4.39 Å². The number of anilines is 4. The molecular weight excluding hydrogens is 1080 g/mol. The maximum absolute atomic E-state index is 14.8. The van der Waals surface area contributed by atoms with Gasteiger partial charge < -0.3 is 19.1 Å². The summed E-state index contributed by atoms with van der Waals surface area (Å²) in [6, 6.07) is 67.6. The molecule has 0 amide bonds. The second kappa shape index (κ2) is 19.0. The number of rotatable bonds is 8. The van der Waals surface area contributed by atoms with Crippen LogP contribution in [0.25, 0.3) is 61.0 Å². The van der Waals surface area contributed by atoms with Gasteiger partial charge >= 0.3 is 0 Å². The van der Waals surface area contributed by atoms with Crippen LogP contribution in [0.5, 0.6) is 11.5 Å². The molecule has 0 N–H and O–H groups in total. The largest absolute Gasteiger partial charge is 0.509 e. The van der Waals surface area contributed by atoms with Gasteiger partial charge in [0.2, 0.25) is 0 Å². The molecule has 0 bridgehead atoms. The average molecular weight is 1140 g/mol. The fourth-order valence-corrected chi connectivity index (χ4v) is 9.83. The predicted octanol–water partition coefficient (Wildman–Crippen LogP) is 18.0. The third-order valence-electron chi connectivity index (χ3n) is 13.9. The molecule has 3 heterocycles. The molecule has 2 aromatic heterocycles. The normalized spacial score (nSPS) is 12.8. The molecule has 1 aliphatic rings. The van der Waals surface area contributed by atoms with Crippen molar-refractivity contribution < 1.29 is 30.2 Å². The molecule has 0 spiro atoms. The van der Waals surface area contributed by atoms with E-state index in [4.69, 9.17) is 9.72 Å². The quantitative estimate of drug-likeness (QED) is 0.142. The molecule has 0 unspecified atom stereocenters. The molecule has 368 valence electrons. The molecule has 0 fully saturated rings. The SMILES string of the molecule is CC(C)(C)c1cc(-c2cc(-c3ccccc3)cc(-c3ccc(F)cc3)c2N2[CH-]N(c3[c-]c(Oc4[c-]c5c(cc4)c4ccccc4n5-c4cc(C(C)(C)C)ccn4)ccc3)c3ccccc32)cc(C(C)(C)C)c1.[Pt]. The minimum absolute atomic E-state index is 0. The zero-order valence-electron chi connectivity index (χ0n) is 42.8. The van der Waals surface area contributed by atoms with Crippen molar-refractivity contribution in [3.05, 3.63) is 223 Å². The summed E-state index contributed by atoms with van der Waals surface area (Å²) < 4.78 is 23.7. The third kappa shape index (κ3) is 9.50. The zero-order valence-corrected chi connectivity index (χ0v) is 45.1. The second-order valence-corrected chi connectivity index (χ2v) is 22.0. The summed E-state index contributed by atoms with van der Waals surface area (Å²) in [5.41, 5.74) is 15.4. The zero-order chi connectivity index (χ0) is 50.1. The number of aromatic nitrogens is 2. The molecule has 7 heteroatoms. The van der Waals surface area contributed by atoms with Gasteiger partial charge in [0.1, 0.15) is 11.6 Å². The Morgan fingerprint density at radius 3 is 1.79 bits per heavy atom. The Labute approximate surface area is 444 Å². The van der Waals surface area contributed by atoms with Crippen LogP contribution in [0.2, 0.25) is 0 Å². The Bertz CT molecular complexity index is 3640. The van der Waals surface area contributed by atoms with Crippen LogP contribution in [-0.2, 0) is 37.3 Å². The van der Waals surface area contributed by atoms with Crippen LogP contribution in [-0.4, -0.2) is 9.55 Å². The van der Waals surface area contributed by atoms with E-state index in [0.717, 1.165) is 83.8 Å². The summed E-state index contributed by atoms with van der Waals surface area (Å²) in [5.74, 6) is 1.67. The molecule has 0 atom stereocenters. The summed E-state index contributed by atoms with van der Waals surface area (Å²) in [5, 5.41) is 2.19. The van der Waals surface area contributed by atoms with E-state index < -0.39 is 0 Å². The fourth-order valence-electron chi connectivity index (χ4n) is 9.83. The Balaban J connectivity index is 0.00000611. The van der Waals surface area contributed by atoms with Crippen molar-refractivity contribution in [3.8, 4) is 50.7 Å². The van der Waals surface area contributed by atoms with E-state index in [1.807, 2.05) is 42.6 Å². The second-order valence-electron chi connectivity index (χ2n) is 22.0. The molecule has 1 aliphatic heterocycles. The van der Waals surface area contributed by atoms with Crippen LogP contribution >= 0.6 is 0 Å². The molecule has 0 saturated heterocycles. The molecule has 5 nitrogen and oxygen atoms in total. The van der Waals surface area contributed by atoms with Gasteiger partial charge in [0.05, 0.1) is 0 Å². The van der Waals surface area contributed by atoms with E-state index in [-0.39, 0.29) is 43.1 Å². The first-order chi connectivity index (χ1) is 34.5. The fraction of sp³-hybridized carbons (Fsp3) is 0.182. The Morgan fingerprint density at radius 1 is 0.493 bits per heavy atom. The van der Waals surface area contributed by atoms with Crippen molar-refractivity contribution in [2.45, 2.75) is 78.6 Å². The molecular formula is C66H58FN4OPt-3. The molecule has 10 aromatic rings. The summed E-state index contributed by atoms with van der Waals surface area (Å²) >= 11 is 0. The standard InChI is InChI=1S/C66H58FN4O.Pt/c1-64(2,3)47-32-33-68-62(39-47)71-58-23-14-13-22-54(58)55-31-30-53(41-61(55)71)72-52-21-17-20-51(40-52)69-42-70(60-25-16-15-24-59(60)69)63-56(44-26-28-50(67)29-27-44)36-45(43-18-11-10-12-19-43)37-57(63)46-34-48(65(4,5)6)38-49(35-46)66(7,8)9;/h10-39,42H,1-9H3;/q-3;. The smallest absolute Gasteiger partial charge is 0.135 e. The van der Waals surface area contributed by atoms with E-state index in [2.05, 4.69) is 223 Å². The molecule has 8 aromatic carbocycles. The molecule has 73 heavy (non-hydrogen) atoms. The van der Waals surface area contributed by atoms with Gasteiger partial charge in [-0.2, -0.15) is 12.1 Å². The summed E-state index contributed by atoms with van der Waals surface area (Å²) in [6.07, 6.45) is 1.89. The maximum Gasteiger partial charge on any atom is 0.135 e. The third-order valence-corrected chi connectivity index (χ3v) is 13.9. The number of halogens is 1. The number of ether oxygens (including phenoxy) is 1. The Kier molecular flexibility index (Phi) is 12.8. The number of fused-ring (bicyclic) bond motifs is 4. The van der Waals surface area contributed by atoms with Crippen LogP contribution in [0.4, 0.5) is 27.1 Å². The minimum Gasteiger partial charge on any atom is -0.509 e. The van der Waals surface area contributed by atoms with E-state index in [1.54, 1.807) is 12.1 Å². The van der Waals surface area contributed by atoms with Gasteiger partial charge in [0, 0.05) is 72.5 Å². The average Bonchev–Trinajstić information content (AvgIpc) is 3.92. The maximum atomic E-state index is 14.8. The first-order valence-corrected chi connectivity index (χ1v) is 24.8. The predicted molar refractivity (Wildman–Crippen MR) is 297 cm³/mol. The van der Waals surface area contributed by atoms with Crippen molar-refractivity contribution in [3.63, 3.8) is 0 Å². The van der Waals surface area contributed by atoms with Crippen LogP contribution in [0, 0.1) is 24.6 Å². The Morgan fingerprint density at radius 2 is 1.11 bits per heavy atom. The van der Waals surface area contributed by atoms with E-state index >= 15 is 0 Å². The summed E-state index contributed by atoms with van der Waals surface area (Å²) in [7, 11) is 0. The number of hydrogen-bond donors (Lipinski definition) is 0.